The molecule has 0 aromatic carbocycles. The summed E-state index contributed by atoms with van der Waals surface area (Å²) < 4.78 is 32.4. The van der Waals surface area contributed by atoms with Crippen molar-refractivity contribution in [2.24, 2.45) is 5.73 Å². The van der Waals surface area contributed by atoms with Gasteiger partial charge in [0, 0.05) is 6.20 Å². The van der Waals surface area contributed by atoms with Crippen LogP contribution < -0.4 is 17.2 Å². The molecule has 0 saturated heterocycles. The number of nitrogens with two attached hydrogens (primary N) is 2. The third kappa shape index (κ3) is 2.14. The molecule has 108 valence electrons. The van der Waals surface area contributed by atoms with Crippen LogP contribution in [0.1, 0.15) is 16.6 Å². The molecule has 0 fully saturated rings. The number of nitrogen functional groups attached to an aromatic ring is 1. The molecule has 0 radical (unpaired) electrons. The van der Waals surface area contributed by atoms with E-state index in [4.69, 9.17) is 21.3 Å². The number of anilines is 1. The van der Waals surface area contributed by atoms with Gasteiger partial charge in [0.15, 0.2) is 17.9 Å². The molecule has 0 spiro atoms. The Hall–Kier alpha value is -2.33. The molecule has 0 unspecified atom stereocenters. The van der Waals surface area contributed by atoms with Crippen LogP contribution in [0.15, 0.2) is 22.6 Å². The molecule has 1 amide bonds. The van der Waals surface area contributed by atoms with Crippen LogP contribution in [0, 0.1) is 0 Å². The summed E-state index contributed by atoms with van der Waals surface area (Å²) in [4.78, 5) is 26.0. The minimum Gasteiger partial charge on any atom is -0.393 e. The first kappa shape index (κ1) is 14.1. The Morgan fingerprint density at radius 1 is 1.50 bits per heavy atom. The lowest BCUT2D eigenvalue weighted by atomic mass is 10.3. The zero-order valence-electron chi connectivity index (χ0n) is 9.92. The van der Waals surface area contributed by atoms with E-state index < -0.39 is 48.0 Å². The third-order valence-electron chi connectivity index (χ3n) is 2.69. The van der Waals surface area contributed by atoms with Gasteiger partial charge in [-0.3, -0.25) is 9.36 Å². The van der Waals surface area contributed by atoms with Crippen LogP contribution in [0.4, 0.5) is 14.6 Å². The van der Waals surface area contributed by atoms with E-state index in [1.54, 1.807) is 0 Å². The smallest absolute Gasteiger partial charge is 0.352 e. The highest BCUT2D eigenvalue weighted by Crippen LogP contribution is 2.35. The van der Waals surface area contributed by atoms with E-state index in [1.807, 2.05) is 0 Å². The summed E-state index contributed by atoms with van der Waals surface area (Å²) in [6.45, 7) is -0.810. The maximum Gasteiger partial charge on any atom is 0.352 e. The van der Waals surface area contributed by atoms with Crippen LogP contribution in [-0.4, -0.2) is 33.3 Å². The first-order valence-corrected chi connectivity index (χ1v) is 5.36. The summed E-state index contributed by atoms with van der Waals surface area (Å²) in [6, 6.07) is 0. The van der Waals surface area contributed by atoms with Crippen molar-refractivity contribution in [2.45, 2.75) is 12.3 Å². The molecule has 20 heavy (non-hydrogen) atoms. The predicted molar refractivity (Wildman–Crippen MR) is 61.7 cm³/mol. The van der Waals surface area contributed by atoms with Gasteiger partial charge in [0.2, 0.25) is 0 Å². The standard InChI is InChI=1S/C10H10F2N4O4/c11-5-4(2-17)20-9(6(5)12)16-1-3(8(14)18)7(13)15-10(16)19/h1,4,9,17H,2H2,(H2,14,18)(H2,13,15,19)/t4-,9-/m1/s1. The largest absolute Gasteiger partial charge is 0.393 e. The number of ether oxygens (including phenoxy) is 1. The predicted octanol–water partition coefficient (Wildman–Crippen LogP) is -1.04. The first-order valence-electron chi connectivity index (χ1n) is 5.36. The van der Waals surface area contributed by atoms with Crippen LogP contribution in [0.2, 0.25) is 0 Å². The molecule has 2 heterocycles. The summed E-state index contributed by atoms with van der Waals surface area (Å²) in [5, 5.41) is 8.81. The van der Waals surface area contributed by atoms with Gasteiger partial charge < -0.3 is 21.3 Å². The van der Waals surface area contributed by atoms with E-state index >= 15 is 0 Å². The fourth-order valence-electron chi connectivity index (χ4n) is 1.70. The molecule has 0 aliphatic carbocycles. The van der Waals surface area contributed by atoms with E-state index in [0.717, 1.165) is 6.20 Å². The van der Waals surface area contributed by atoms with Crippen LogP contribution in [0.25, 0.3) is 0 Å². The monoisotopic (exact) mass is 288 g/mol. The molecular weight excluding hydrogens is 278 g/mol. The number of carbonyl (C=O) groups excluding carboxylic acids is 1. The van der Waals surface area contributed by atoms with Gasteiger partial charge >= 0.3 is 5.69 Å². The highest BCUT2D eigenvalue weighted by atomic mass is 19.2. The van der Waals surface area contributed by atoms with Crippen molar-refractivity contribution in [3.05, 3.63) is 33.9 Å². The van der Waals surface area contributed by atoms with Gasteiger partial charge in [-0.2, -0.15) is 4.98 Å². The number of hydrogen-bond acceptors (Lipinski definition) is 6. The molecule has 1 aliphatic rings. The number of carbonyl (C=O) groups is 1. The van der Waals surface area contributed by atoms with Crippen molar-refractivity contribution >= 4 is 11.7 Å². The lowest BCUT2D eigenvalue weighted by molar-refractivity contribution is -0.0286. The number of aromatic nitrogens is 2. The Labute approximate surface area is 110 Å². The molecule has 2 atom stereocenters. The van der Waals surface area contributed by atoms with Crippen molar-refractivity contribution in [3.63, 3.8) is 0 Å². The van der Waals surface area contributed by atoms with Gasteiger partial charge in [-0.25, -0.2) is 13.6 Å². The number of hydrogen-bond donors (Lipinski definition) is 3. The van der Waals surface area contributed by atoms with Gasteiger partial charge in [-0.05, 0) is 0 Å². The molecule has 1 aromatic heterocycles. The van der Waals surface area contributed by atoms with Gasteiger partial charge in [-0.15, -0.1) is 0 Å². The summed E-state index contributed by atoms with van der Waals surface area (Å²) >= 11 is 0. The fraction of sp³-hybridized carbons (Fsp3) is 0.300. The Balaban J connectivity index is 2.52. The van der Waals surface area contributed by atoms with Gasteiger partial charge in [-0.1, -0.05) is 0 Å². The van der Waals surface area contributed by atoms with Gasteiger partial charge in [0.05, 0.1) is 12.2 Å². The average Bonchev–Trinajstić information content (AvgIpc) is 2.66. The number of amides is 1. The normalized spacial score (nSPS) is 22.4. The van der Waals surface area contributed by atoms with Crippen LogP contribution in [0.5, 0.6) is 0 Å². The first-order chi connectivity index (χ1) is 9.36. The second-order valence-electron chi connectivity index (χ2n) is 3.95. The number of aliphatic hydroxyl groups is 1. The van der Waals surface area contributed by atoms with Crippen LogP contribution >= 0.6 is 0 Å². The Morgan fingerprint density at radius 2 is 2.15 bits per heavy atom. The fourth-order valence-corrected chi connectivity index (χ4v) is 1.70. The van der Waals surface area contributed by atoms with E-state index in [9.17, 15) is 18.4 Å². The van der Waals surface area contributed by atoms with Gasteiger partial charge in [0.1, 0.15) is 11.9 Å². The van der Waals surface area contributed by atoms with Crippen molar-refractivity contribution in [3.8, 4) is 0 Å². The van der Waals surface area contributed by atoms with Crippen LogP contribution in [0.3, 0.4) is 0 Å². The molecule has 0 bridgehead atoms. The third-order valence-corrected chi connectivity index (χ3v) is 2.69. The van der Waals surface area contributed by atoms with E-state index in [1.165, 1.54) is 0 Å². The van der Waals surface area contributed by atoms with Gasteiger partial charge in [0.25, 0.3) is 5.91 Å². The molecule has 1 aromatic rings. The molecule has 0 saturated carbocycles. The molecule has 5 N–H and O–H groups in total. The highest BCUT2D eigenvalue weighted by Gasteiger charge is 2.37. The van der Waals surface area contributed by atoms with Crippen molar-refractivity contribution in [1.29, 1.82) is 0 Å². The average molecular weight is 288 g/mol. The summed E-state index contributed by atoms with van der Waals surface area (Å²) in [5.41, 5.74) is 8.94. The Morgan fingerprint density at radius 3 is 2.65 bits per heavy atom. The molecular formula is C10H10F2N4O4. The molecule has 2 rings (SSSR count). The van der Waals surface area contributed by atoms with Crippen molar-refractivity contribution in [2.75, 3.05) is 12.3 Å². The molecule has 8 nitrogen and oxygen atoms in total. The quantitative estimate of drug-likeness (QED) is 0.650. The number of aliphatic hydroxyl groups excluding tert-OH is 1. The number of primary amides is 1. The lowest BCUT2D eigenvalue weighted by Crippen LogP contribution is -2.31. The SMILES string of the molecule is NC(=O)c1cn([C@@H]2O[C@H](CO)C(F)=C2F)c(=O)nc1N. The Kier molecular flexibility index (Phi) is 3.51. The highest BCUT2D eigenvalue weighted by molar-refractivity contribution is 5.96. The maximum atomic E-state index is 13.7. The summed E-state index contributed by atoms with van der Waals surface area (Å²) in [5.74, 6) is -4.15. The van der Waals surface area contributed by atoms with Crippen LogP contribution in [-0.2, 0) is 4.74 Å². The molecule has 10 heteroatoms. The number of rotatable bonds is 3. The van der Waals surface area contributed by atoms with Crippen molar-refractivity contribution < 1.29 is 23.4 Å². The Bertz CT molecular complexity index is 657. The minimum absolute atomic E-state index is 0.339. The van der Waals surface area contributed by atoms with Crippen molar-refractivity contribution in [1.82, 2.24) is 9.55 Å². The maximum absolute atomic E-state index is 13.7. The second kappa shape index (κ2) is 4.98. The lowest BCUT2D eigenvalue weighted by Gasteiger charge is -2.15. The van der Waals surface area contributed by atoms with E-state index in [2.05, 4.69) is 4.98 Å². The zero-order valence-corrected chi connectivity index (χ0v) is 9.92. The summed E-state index contributed by atoms with van der Waals surface area (Å²) in [7, 11) is 0. The summed E-state index contributed by atoms with van der Waals surface area (Å²) in [6.07, 6.45) is -2.48. The topological polar surface area (TPSA) is 133 Å². The minimum atomic E-state index is -1.77. The number of halogens is 2. The van der Waals surface area contributed by atoms with E-state index in [0.29, 0.717) is 4.57 Å². The second-order valence-corrected chi connectivity index (χ2v) is 3.95. The molecule has 1 aliphatic heterocycles. The number of nitrogens with zero attached hydrogens (tertiary/aromatic N) is 2. The zero-order chi connectivity index (χ0) is 15.0. The van der Waals surface area contributed by atoms with E-state index in [-0.39, 0.29) is 5.56 Å².